The number of alkyl halides is 3. The van der Waals surface area contributed by atoms with Gasteiger partial charge in [-0.25, -0.2) is 0 Å². The molecule has 0 heterocycles. The van der Waals surface area contributed by atoms with Crippen LogP contribution < -0.4 is 11.1 Å². The quantitative estimate of drug-likeness (QED) is 0.872. The van der Waals surface area contributed by atoms with E-state index in [2.05, 4.69) is 5.32 Å². The molecule has 112 valence electrons. The number of carbonyl (C=O) groups is 1. The maximum Gasteiger partial charge on any atom is 0.416 e. The van der Waals surface area contributed by atoms with E-state index in [1.807, 2.05) is 6.26 Å². The highest BCUT2D eigenvalue weighted by atomic mass is 35.5. The van der Waals surface area contributed by atoms with Crippen LogP contribution in [-0.4, -0.2) is 24.0 Å². The summed E-state index contributed by atoms with van der Waals surface area (Å²) in [6, 6.07) is 2.02. The Kier molecular flexibility index (Phi) is 6.16. The standard InChI is InChI=1S/C12H14ClF3N2OS/c1-20-5-4-9(17)11(19)18-10-3-2-7(6-8(10)13)12(14,15)16/h2-3,6,9H,4-5,17H2,1H3,(H,18,19)/t9-/m1/s1. The Morgan fingerprint density at radius 1 is 1.50 bits per heavy atom. The van der Waals surface area contributed by atoms with Gasteiger partial charge in [0.15, 0.2) is 0 Å². The van der Waals surface area contributed by atoms with Crippen LogP contribution in [0, 0.1) is 0 Å². The molecule has 0 saturated carbocycles. The molecule has 0 aromatic heterocycles. The lowest BCUT2D eigenvalue weighted by atomic mass is 10.2. The highest BCUT2D eigenvalue weighted by Crippen LogP contribution is 2.33. The largest absolute Gasteiger partial charge is 0.416 e. The number of thioether (sulfide) groups is 1. The molecule has 0 spiro atoms. The van der Waals surface area contributed by atoms with Crippen molar-refractivity contribution in [3.63, 3.8) is 0 Å². The molecule has 0 aliphatic rings. The van der Waals surface area contributed by atoms with E-state index in [0.717, 1.165) is 24.0 Å². The van der Waals surface area contributed by atoms with Crippen LogP contribution >= 0.6 is 23.4 Å². The monoisotopic (exact) mass is 326 g/mol. The van der Waals surface area contributed by atoms with Gasteiger partial charge in [-0.2, -0.15) is 24.9 Å². The van der Waals surface area contributed by atoms with Crippen LogP contribution in [0.2, 0.25) is 5.02 Å². The zero-order chi connectivity index (χ0) is 15.3. The van der Waals surface area contributed by atoms with E-state index in [0.29, 0.717) is 6.42 Å². The predicted molar refractivity (Wildman–Crippen MR) is 76.1 cm³/mol. The van der Waals surface area contributed by atoms with Crippen LogP contribution in [0.15, 0.2) is 18.2 Å². The summed E-state index contributed by atoms with van der Waals surface area (Å²) < 4.78 is 37.4. The molecule has 3 N–H and O–H groups in total. The summed E-state index contributed by atoms with van der Waals surface area (Å²) in [5.41, 5.74) is 4.90. The molecule has 0 saturated heterocycles. The fraction of sp³-hybridized carbons (Fsp3) is 0.417. The lowest BCUT2D eigenvalue weighted by molar-refractivity contribution is -0.137. The SMILES string of the molecule is CSCC[C@@H](N)C(=O)Nc1ccc(C(F)(F)F)cc1Cl. The van der Waals surface area contributed by atoms with Gasteiger partial charge >= 0.3 is 6.18 Å². The number of rotatable bonds is 5. The van der Waals surface area contributed by atoms with Crippen molar-refractivity contribution in [2.75, 3.05) is 17.3 Å². The average molecular weight is 327 g/mol. The van der Waals surface area contributed by atoms with Crippen LogP contribution in [0.1, 0.15) is 12.0 Å². The van der Waals surface area contributed by atoms with Crippen LogP contribution in [0.5, 0.6) is 0 Å². The molecular formula is C12H14ClF3N2OS. The number of halogens is 4. The molecule has 0 aliphatic carbocycles. The second kappa shape index (κ2) is 7.19. The fourth-order valence-electron chi connectivity index (χ4n) is 1.39. The molecule has 3 nitrogen and oxygen atoms in total. The molecule has 1 rings (SSSR count). The first kappa shape index (κ1) is 17.1. The number of nitrogens with two attached hydrogens (primary N) is 1. The third-order valence-corrected chi connectivity index (χ3v) is 3.48. The average Bonchev–Trinajstić information content (AvgIpc) is 2.36. The molecule has 1 aromatic carbocycles. The van der Waals surface area contributed by atoms with Crippen molar-refractivity contribution in [2.45, 2.75) is 18.6 Å². The lowest BCUT2D eigenvalue weighted by Crippen LogP contribution is -2.36. The van der Waals surface area contributed by atoms with E-state index in [1.165, 1.54) is 0 Å². The normalized spacial score (nSPS) is 13.1. The fourth-order valence-corrected chi connectivity index (χ4v) is 2.11. The van der Waals surface area contributed by atoms with Crippen molar-refractivity contribution in [1.82, 2.24) is 0 Å². The van der Waals surface area contributed by atoms with Gasteiger partial charge in [-0.3, -0.25) is 4.79 Å². The minimum absolute atomic E-state index is 0.115. The summed E-state index contributed by atoms with van der Waals surface area (Å²) in [4.78, 5) is 11.7. The van der Waals surface area contributed by atoms with E-state index in [4.69, 9.17) is 17.3 Å². The number of benzene rings is 1. The molecule has 1 amide bonds. The maximum atomic E-state index is 12.5. The molecule has 0 aliphatic heterocycles. The molecule has 1 aromatic rings. The van der Waals surface area contributed by atoms with E-state index in [1.54, 1.807) is 11.8 Å². The first-order valence-electron chi connectivity index (χ1n) is 5.68. The Hall–Kier alpha value is -0.920. The van der Waals surface area contributed by atoms with E-state index >= 15 is 0 Å². The maximum absolute atomic E-state index is 12.5. The van der Waals surface area contributed by atoms with E-state index < -0.39 is 23.7 Å². The summed E-state index contributed by atoms with van der Waals surface area (Å²) in [5.74, 6) is 0.246. The Balaban J connectivity index is 2.76. The lowest BCUT2D eigenvalue weighted by Gasteiger charge is -2.14. The van der Waals surface area contributed by atoms with Gasteiger partial charge in [-0.15, -0.1) is 0 Å². The van der Waals surface area contributed by atoms with Crippen molar-refractivity contribution in [3.05, 3.63) is 28.8 Å². The zero-order valence-electron chi connectivity index (χ0n) is 10.6. The summed E-state index contributed by atoms with van der Waals surface area (Å²) in [6.07, 6.45) is -2.11. The van der Waals surface area contributed by atoms with Gasteiger partial charge in [0.2, 0.25) is 5.91 Å². The molecule has 0 unspecified atom stereocenters. The number of hydrogen-bond donors (Lipinski definition) is 2. The zero-order valence-corrected chi connectivity index (χ0v) is 12.2. The van der Waals surface area contributed by atoms with Gasteiger partial charge in [0, 0.05) is 0 Å². The Morgan fingerprint density at radius 2 is 2.15 bits per heavy atom. The molecule has 8 heteroatoms. The number of carbonyl (C=O) groups excluding carboxylic acids is 1. The number of nitrogens with one attached hydrogen (secondary N) is 1. The van der Waals surface area contributed by atoms with Gasteiger partial charge in [0.25, 0.3) is 0 Å². The highest BCUT2D eigenvalue weighted by Gasteiger charge is 2.31. The van der Waals surface area contributed by atoms with Gasteiger partial charge in [0.1, 0.15) is 0 Å². The Bertz CT molecular complexity index is 482. The Morgan fingerprint density at radius 3 is 2.65 bits per heavy atom. The molecule has 0 bridgehead atoms. The van der Waals surface area contributed by atoms with Gasteiger partial charge < -0.3 is 11.1 Å². The van der Waals surface area contributed by atoms with Crippen molar-refractivity contribution in [3.8, 4) is 0 Å². The van der Waals surface area contributed by atoms with Crippen LogP contribution in [0.3, 0.4) is 0 Å². The summed E-state index contributed by atoms with van der Waals surface area (Å²) >= 11 is 7.28. The number of amides is 1. The van der Waals surface area contributed by atoms with Crippen molar-refractivity contribution in [1.29, 1.82) is 0 Å². The van der Waals surface area contributed by atoms with Crippen molar-refractivity contribution in [2.24, 2.45) is 5.73 Å². The highest BCUT2D eigenvalue weighted by molar-refractivity contribution is 7.98. The van der Waals surface area contributed by atoms with E-state index in [-0.39, 0.29) is 10.7 Å². The molecule has 0 fully saturated rings. The van der Waals surface area contributed by atoms with E-state index in [9.17, 15) is 18.0 Å². The van der Waals surface area contributed by atoms with Gasteiger partial charge in [-0.1, -0.05) is 11.6 Å². The molecule has 0 radical (unpaired) electrons. The van der Waals surface area contributed by atoms with Crippen molar-refractivity contribution < 1.29 is 18.0 Å². The topological polar surface area (TPSA) is 55.1 Å². The first-order chi connectivity index (χ1) is 9.25. The summed E-state index contributed by atoms with van der Waals surface area (Å²) in [5, 5.41) is 2.25. The second-order valence-electron chi connectivity index (χ2n) is 4.07. The molecule has 1 atom stereocenters. The Labute approximate surface area is 124 Å². The molecule has 20 heavy (non-hydrogen) atoms. The first-order valence-corrected chi connectivity index (χ1v) is 7.45. The minimum Gasteiger partial charge on any atom is -0.323 e. The van der Waals surface area contributed by atoms with Crippen LogP contribution in [0.25, 0.3) is 0 Å². The smallest absolute Gasteiger partial charge is 0.323 e. The second-order valence-corrected chi connectivity index (χ2v) is 5.46. The van der Waals surface area contributed by atoms with Gasteiger partial charge in [-0.05, 0) is 36.6 Å². The predicted octanol–water partition coefficient (Wildman–Crippen LogP) is 3.38. The minimum atomic E-state index is -4.47. The van der Waals surface area contributed by atoms with Crippen LogP contribution in [0.4, 0.5) is 18.9 Å². The number of anilines is 1. The summed E-state index contributed by atoms with van der Waals surface area (Å²) in [7, 11) is 0. The van der Waals surface area contributed by atoms with Gasteiger partial charge in [0.05, 0.1) is 22.3 Å². The van der Waals surface area contributed by atoms with Crippen molar-refractivity contribution >= 4 is 35.0 Å². The van der Waals surface area contributed by atoms with Crippen LogP contribution in [-0.2, 0) is 11.0 Å². The third kappa shape index (κ3) is 4.88. The number of hydrogen-bond acceptors (Lipinski definition) is 3. The third-order valence-electron chi connectivity index (χ3n) is 2.52. The molecular weight excluding hydrogens is 313 g/mol. The summed E-state index contributed by atoms with van der Waals surface area (Å²) in [6.45, 7) is 0.